The van der Waals surface area contributed by atoms with Gasteiger partial charge in [0.2, 0.25) is 0 Å². The fraction of sp³-hybridized carbons (Fsp3) is 0.857. The first-order valence-corrected chi connectivity index (χ1v) is 3.39. The first-order valence-electron chi connectivity index (χ1n) is 3.39. The smallest absolute Gasteiger partial charge is 0.176 e. The molecule has 1 saturated heterocycles. The van der Waals surface area contributed by atoms with E-state index in [0.717, 1.165) is 6.61 Å². The van der Waals surface area contributed by atoms with Crippen molar-refractivity contribution in [3.05, 3.63) is 0 Å². The van der Waals surface area contributed by atoms with Crippen LogP contribution < -0.4 is 5.32 Å². The molecule has 1 aliphatic heterocycles. The van der Waals surface area contributed by atoms with Crippen molar-refractivity contribution < 1.29 is 4.74 Å². The average molecular weight is 140 g/mol. The summed E-state index contributed by atoms with van der Waals surface area (Å²) in [5.41, 5.74) is 0.107. The molecule has 1 heterocycles. The van der Waals surface area contributed by atoms with Gasteiger partial charge in [-0.1, -0.05) is 13.8 Å². The zero-order chi connectivity index (χ0) is 7.61. The van der Waals surface area contributed by atoms with Crippen LogP contribution in [0, 0.1) is 16.9 Å². The molecule has 3 heteroatoms. The first-order chi connectivity index (χ1) is 4.67. The van der Waals surface area contributed by atoms with Crippen molar-refractivity contribution in [2.24, 2.45) is 5.41 Å². The Labute approximate surface area is 61.0 Å². The molecule has 0 aromatic heterocycles. The molecule has 1 aliphatic rings. The molecule has 0 radical (unpaired) electrons. The normalized spacial score (nSPS) is 29.5. The Morgan fingerprint density at radius 2 is 2.40 bits per heavy atom. The van der Waals surface area contributed by atoms with Crippen molar-refractivity contribution in [2.45, 2.75) is 19.9 Å². The minimum atomic E-state index is 0.107. The van der Waals surface area contributed by atoms with Gasteiger partial charge in [0.15, 0.2) is 6.19 Å². The van der Waals surface area contributed by atoms with Gasteiger partial charge in [0, 0.05) is 5.41 Å². The van der Waals surface area contributed by atoms with Crippen molar-refractivity contribution in [3.8, 4) is 6.19 Å². The van der Waals surface area contributed by atoms with Crippen LogP contribution in [0.4, 0.5) is 0 Å². The molecule has 0 aromatic rings. The van der Waals surface area contributed by atoms with E-state index in [9.17, 15) is 0 Å². The number of nitrogens with zero attached hydrogens (tertiary/aromatic N) is 1. The van der Waals surface area contributed by atoms with Gasteiger partial charge < -0.3 is 10.1 Å². The van der Waals surface area contributed by atoms with Gasteiger partial charge in [-0.25, -0.2) is 0 Å². The van der Waals surface area contributed by atoms with Crippen LogP contribution in [-0.2, 0) is 4.74 Å². The van der Waals surface area contributed by atoms with Crippen LogP contribution >= 0.6 is 0 Å². The molecular formula is C7H12N2O. The summed E-state index contributed by atoms with van der Waals surface area (Å²) in [6.45, 7) is 5.58. The van der Waals surface area contributed by atoms with Crippen LogP contribution in [0.25, 0.3) is 0 Å². The lowest BCUT2D eigenvalue weighted by atomic mass is 9.88. The van der Waals surface area contributed by atoms with Crippen LogP contribution in [0.15, 0.2) is 0 Å². The third-order valence-electron chi connectivity index (χ3n) is 1.94. The van der Waals surface area contributed by atoms with Crippen LogP contribution in [0.3, 0.4) is 0 Å². The highest BCUT2D eigenvalue weighted by Gasteiger charge is 2.35. The summed E-state index contributed by atoms with van der Waals surface area (Å²) >= 11 is 0. The fourth-order valence-corrected chi connectivity index (χ4v) is 1.08. The lowest BCUT2D eigenvalue weighted by Gasteiger charge is -2.22. The quantitative estimate of drug-likeness (QED) is 0.425. The van der Waals surface area contributed by atoms with E-state index < -0.39 is 0 Å². The Morgan fingerprint density at radius 3 is 2.80 bits per heavy atom. The predicted octanol–water partition coefficient (Wildman–Crippen LogP) is 0.482. The van der Waals surface area contributed by atoms with Crippen molar-refractivity contribution in [3.63, 3.8) is 0 Å². The molecule has 1 N–H and O–H groups in total. The average Bonchev–Trinajstić information content (AvgIpc) is 2.13. The monoisotopic (exact) mass is 140 g/mol. The second kappa shape index (κ2) is 2.47. The summed E-state index contributed by atoms with van der Waals surface area (Å²) in [5.74, 6) is 0. The molecule has 0 spiro atoms. The third kappa shape index (κ3) is 1.22. The van der Waals surface area contributed by atoms with Gasteiger partial charge in [0.25, 0.3) is 0 Å². The highest BCUT2D eigenvalue weighted by atomic mass is 16.5. The second-order valence-corrected chi connectivity index (χ2v) is 3.31. The number of ether oxygens (including phenoxy) is 1. The summed E-state index contributed by atoms with van der Waals surface area (Å²) < 4.78 is 5.21. The van der Waals surface area contributed by atoms with Gasteiger partial charge >= 0.3 is 0 Å². The van der Waals surface area contributed by atoms with Gasteiger partial charge in [-0.2, -0.15) is 5.26 Å². The second-order valence-electron chi connectivity index (χ2n) is 3.31. The fourth-order valence-electron chi connectivity index (χ4n) is 1.08. The standard InChI is InChI=1S/C7H12N2O/c1-7(2)4-10-3-6(7)9-5-8/h6,9H,3-4H2,1-2H3. The summed E-state index contributed by atoms with van der Waals surface area (Å²) in [6.07, 6.45) is 1.94. The largest absolute Gasteiger partial charge is 0.379 e. The molecule has 0 amide bonds. The zero-order valence-corrected chi connectivity index (χ0v) is 6.35. The van der Waals surface area contributed by atoms with E-state index in [1.54, 1.807) is 0 Å². The van der Waals surface area contributed by atoms with E-state index in [-0.39, 0.29) is 11.5 Å². The van der Waals surface area contributed by atoms with E-state index in [2.05, 4.69) is 19.2 Å². The van der Waals surface area contributed by atoms with Crippen molar-refractivity contribution in [2.75, 3.05) is 13.2 Å². The highest BCUT2D eigenvalue weighted by molar-refractivity contribution is 4.92. The van der Waals surface area contributed by atoms with E-state index in [4.69, 9.17) is 10.00 Å². The number of nitriles is 1. The zero-order valence-electron chi connectivity index (χ0n) is 6.35. The van der Waals surface area contributed by atoms with Crippen molar-refractivity contribution >= 4 is 0 Å². The van der Waals surface area contributed by atoms with Crippen LogP contribution in [0.1, 0.15) is 13.8 Å². The topological polar surface area (TPSA) is 45.0 Å². The van der Waals surface area contributed by atoms with E-state index >= 15 is 0 Å². The Bertz CT molecular complexity index is 159. The minimum absolute atomic E-state index is 0.107. The van der Waals surface area contributed by atoms with Crippen molar-refractivity contribution in [1.82, 2.24) is 5.32 Å². The predicted molar refractivity (Wildman–Crippen MR) is 37.1 cm³/mol. The molecule has 56 valence electrons. The maximum Gasteiger partial charge on any atom is 0.176 e. The Hall–Kier alpha value is -0.750. The highest BCUT2D eigenvalue weighted by Crippen LogP contribution is 2.26. The van der Waals surface area contributed by atoms with Crippen molar-refractivity contribution in [1.29, 1.82) is 5.26 Å². The van der Waals surface area contributed by atoms with E-state index in [0.29, 0.717) is 6.61 Å². The van der Waals surface area contributed by atoms with Gasteiger partial charge in [-0.15, -0.1) is 0 Å². The maximum atomic E-state index is 8.34. The molecule has 0 aliphatic carbocycles. The molecule has 3 nitrogen and oxygen atoms in total. The number of hydrogen-bond donors (Lipinski definition) is 1. The Balaban J connectivity index is 2.53. The number of nitrogens with one attached hydrogen (secondary N) is 1. The SMILES string of the molecule is CC1(C)COCC1NC#N. The van der Waals surface area contributed by atoms with Gasteiger partial charge in [0.05, 0.1) is 19.3 Å². The van der Waals surface area contributed by atoms with Crippen LogP contribution in [0.5, 0.6) is 0 Å². The maximum absolute atomic E-state index is 8.34. The lowest BCUT2D eigenvalue weighted by molar-refractivity contribution is 0.166. The summed E-state index contributed by atoms with van der Waals surface area (Å²) in [5, 5.41) is 11.1. The first kappa shape index (κ1) is 7.36. The molecular weight excluding hydrogens is 128 g/mol. The summed E-state index contributed by atoms with van der Waals surface area (Å²) in [4.78, 5) is 0. The van der Waals surface area contributed by atoms with Gasteiger partial charge in [-0.3, -0.25) is 0 Å². The van der Waals surface area contributed by atoms with E-state index in [1.807, 2.05) is 6.19 Å². The number of hydrogen-bond acceptors (Lipinski definition) is 3. The minimum Gasteiger partial charge on any atom is -0.379 e. The number of rotatable bonds is 1. The molecule has 0 bridgehead atoms. The van der Waals surface area contributed by atoms with Gasteiger partial charge in [-0.05, 0) is 0 Å². The summed E-state index contributed by atoms with van der Waals surface area (Å²) in [6, 6.07) is 0.192. The van der Waals surface area contributed by atoms with E-state index in [1.165, 1.54) is 0 Å². The van der Waals surface area contributed by atoms with Crippen LogP contribution in [0.2, 0.25) is 0 Å². The molecule has 0 saturated carbocycles. The summed E-state index contributed by atoms with van der Waals surface area (Å²) in [7, 11) is 0. The Morgan fingerprint density at radius 1 is 1.70 bits per heavy atom. The van der Waals surface area contributed by atoms with Crippen LogP contribution in [-0.4, -0.2) is 19.3 Å². The third-order valence-corrected chi connectivity index (χ3v) is 1.94. The van der Waals surface area contributed by atoms with Gasteiger partial charge in [0.1, 0.15) is 0 Å². The molecule has 1 unspecified atom stereocenters. The molecule has 0 aromatic carbocycles. The molecule has 10 heavy (non-hydrogen) atoms. The molecule has 1 fully saturated rings. The molecule has 1 rings (SSSR count). The Kier molecular flexibility index (Phi) is 1.82. The molecule has 1 atom stereocenters. The lowest BCUT2D eigenvalue weighted by Crippen LogP contribution is -2.38.